The number of carbonyl (C=O) groups is 1. The summed E-state index contributed by atoms with van der Waals surface area (Å²) in [6.45, 7) is 6.15. The Morgan fingerprint density at radius 2 is 1.53 bits per heavy atom. The van der Waals surface area contributed by atoms with Crippen LogP contribution < -0.4 is 10.6 Å². The number of carbonyl (C=O) groups excluding carboxylic acids is 1. The van der Waals surface area contributed by atoms with Gasteiger partial charge in [-0.15, -0.1) is 0 Å². The van der Waals surface area contributed by atoms with E-state index in [1.165, 1.54) is 38.5 Å². The molecule has 0 saturated heterocycles. The van der Waals surface area contributed by atoms with Gasteiger partial charge >= 0.3 is 0 Å². The quantitative estimate of drug-likeness (QED) is 0.793. The van der Waals surface area contributed by atoms with Crippen LogP contribution in [-0.4, -0.2) is 23.5 Å². The molecule has 0 radical (unpaired) electrons. The number of nitrogens with two attached hydrogens (primary N) is 1. The molecular weight excluding hydrogens is 236 g/mol. The van der Waals surface area contributed by atoms with Crippen LogP contribution in [0.25, 0.3) is 0 Å². The van der Waals surface area contributed by atoms with Crippen molar-refractivity contribution >= 4 is 5.91 Å². The Balaban J connectivity index is 1.64. The molecule has 0 aromatic heterocycles. The lowest BCUT2D eigenvalue weighted by Crippen LogP contribution is -3.04. The van der Waals surface area contributed by atoms with Gasteiger partial charge in [0.2, 0.25) is 0 Å². The molecule has 0 unspecified atom stereocenters. The van der Waals surface area contributed by atoms with Crippen LogP contribution in [-0.2, 0) is 4.79 Å². The number of nitrogens with one attached hydrogen (secondary N) is 1. The Morgan fingerprint density at radius 1 is 1.05 bits per heavy atom. The van der Waals surface area contributed by atoms with Crippen molar-refractivity contribution in [3.63, 3.8) is 0 Å². The fraction of sp³-hybridized carbons (Fsp3) is 0.938. The number of hydrogen-bond acceptors (Lipinski definition) is 1. The van der Waals surface area contributed by atoms with Crippen LogP contribution in [0.4, 0.5) is 0 Å². The third-order valence-electron chi connectivity index (χ3n) is 5.53. The lowest BCUT2D eigenvalue weighted by Gasteiger charge is -2.55. The molecule has 4 rings (SSSR count). The molecule has 1 atom stereocenters. The smallest absolute Gasteiger partial charge is 0.278 e. The van der Waals surface area contributed by atoms with Gasteiger partial charge < -0.3 is 10.6 Å². The Hall–Kier alpha value is -0.570. The summed E-state index contributed by atoms with van der Waals surface area (Å²) in [5.74, 6) is 3.10. The average molecular weight is 265 g/mol. The van der Waals surface area contributed by atoms with Crippen LogP contribution in [0.5, 0.6) is 0 Å². The molecular formula is C16H29N2O+. The van der Waals surface area contributed by atoms with E-state index in [0.29, 0.717) is 5.54 Å². The summed E-state index contributed by atoms with van der Waals surface area (Å²) in [7, 11) is 0. The second-order valence-corrected chi connectivity index (χ2v) is 7.90. The van der Waals surface area contributed by atoms with Gasteiger partial charge in [-0.05, 0) is 57.8 Å². The molecule has 0 aromatic carbocycles. The minimum absolute atomic E-state index is 0.0682. The minimum atomic E-state index is 0.0682. The van der Waals surface area contributed by atoms with Crippen LogP contribution in [0.2, 0.25) is 0 Å². The second kappa shape index (κ2) is 4.76. The number of amides is 1. The van der Waals surface area contributed by atoms with E-state index >= 15 is 0 Å². The van der Waals surface area contributed by atoms with Crippen molar-refractivity contribution < 1.29 is 10.1 Å². The highest BCUT2D eigenvalue weighted by atomic mass is 16.2. The maximum Gasteiger partial charge on any atom is 0.278 e. The molecule has 0 aromatic rings. The van der Waals surface area contributed by atoms with Crippen LogP contribution in [0, 0.1) is 17.8 Å². The predicted molar refractivity (Wildman–Crippen MR) is 75.6 cm³/mol. The van der Waals surface area contributed by atoms with E-state index < -0.39 is 0 Å². The van der Waals surface area contributed by atoms with Gasteiger partial charge in [0.05, 0.1) is 5.54 Å². The van der Waals surface area contributed by atoms with E-state index in [0.717, 1.165) is 17.8 Å². The highest BCUT2D eigenvalue weighted by Crippen LogP contribution is 2.54. The van der Waals surface area contributed by atoms with E-state index in [9.17, 15) is 4.79 Å². The summed E-state index contributed by atoms with van der Waals surface area (Å²) in [4.78, 5) is 12.1. The number of rotatable bonds is 4. The van der Waals surface area contributed by atoms with Crippen molar-refractivity contribution in [3.8, 4) is 0 Å². The third-order valence-corrected chi connectivity index (χ3v) is 5.53. The van der Waals surface area contributed by atoms with Gasteiger partial charge in [-0.25, -0.2) is 0 Å². The van der Waals surface area contributed by atoms with Crippen LogP contribution in [0.1, 0.15) is 59.3 Å². The summed E-state index contributed by atoms with van der Waals surface area (Å²) in [5.41, 5.74) is 0.405. The lowest BCUT2D eigenvalue weighted by atomic mass is 9.53. The van der Waals surface area contributed by atoms with Crippen molar-refractivity contribution in [2.45, 2.75) is 76.9 Å². The molecule has 3 N–H and O–H groups in total. The number of quaternary nitrogens is 1. The lowest BCUT2D eigenvalue weighted by molar-refractivity contribution is -0.754. The summed E-state index contributed by atoms with van der Waals surface area (Å²) < 4.78 is 0. The molecule has 4 saturated carbocycles. The van der Waals surface area contributed by atoms with Gasteiger partial charge in [-0.3, -0.25) is 4.79 Å². The van der Waals surface area contributed by atoms with Crippen LogP contribution >= 0.6 is 0 Å². The summed E-state index contributed by atoms with van der Waals surface area (Å²) in [5, 5.41) is 5.48. The molecule has 4 bridgehead atoms. The first-order valence-electron chi connectivity index (χ1n) is 8.12. The van der Waals surface area contributed by atoms with Gasteiger partial charge in [0.1, 0.15) is 0 Å². The average Bonchev–Trinajstić information content (AvgIpc) is 2.24. The fourth-order valence-electron chi connectivity index (χ4n) is 5.40. The van der Waals surface area contributed by atoms with E-state index in [1.54, 1.807) is 0 Å². The maximum atomic E-state index is 12.1. The van der Waals surface area contributed by atoms with Gasteiger partial charge in [0.15, 0.2) is 6.04 Å². The predicted octanol–water partition coefficient (Wildman–Crippen LogP) is 1.43. The third kappa shape index (κ3) is 2.67. The molecule has 0 spiro atoms. The summed E-state index contributed by atoms with van der Waals surface area (Å²) >= 11 is 0. The fourth-order valence-corrected chi connectivity index (χ4v) is 5.40. The highest BCUT2D eigenvalue weighted by Gasteiger charge is 2.54. The Labute approximate surface area is 116 Å². The molecule has 108 valence electrons. The first-order chi connectivity index (χ1) is 8.96. The van der Waals surface area contributed by atoms with Gasteiger partial charge in [0, 0.05) is 25.3 Å². The maximum absolute atomic E-state index is 12.1. The van der Waals surface area contributed by atoms with Crippen molar-refractivity contribution in [3.05, 3.63) is 0 Å². The largest absolute Gasteiger partial charge is 0.349 e. The zero-order valence-corrected chi connectivity index (χ0v) is 12.6. The Bertz CT molecular complexity index is 328. The number of hydrogen-bond donors (Lipinski definition) is 2. The molecule has 3 heteroatoms. The van der Waals surface area contributed by atoms with Crippen molar-refractivity contribution in [2.75, 3.05) is 0 Å². The molecule has 1 amide bonds. The Morgan fingerprint density at radius 3 is 1.95 bits per heavy atom. The first kappa shape index (κ1) is 13.4. The molecule has 0 aliphatic heterocycles. The van der Waals surface area contributed by atoms with Gasteiger partial charge in [0.25, 0.3) is 5.91 Å². The SMILES string of the molecule is CC(C)NC(=O)[C@@H](C)[NH2+]C12CC3CC(CC(C3)C1)C2. The standard InChI is InChI=1S/C16H28N2O/c1-10(2)17-15(19)11(3)18-16-7-12-4-13(8-16)6-14(5-12)9-16/h10-14,18H,4-9H2,1-3H3,(H,17,19)/p+1/t11-,12?,13?,14?,16?/m1/s1. The van der Waals surface area contributed by atoms with Crippen LogP contribution in [0.15, 0.2) is 0 Å². The van der Waals surface area contributed by atoms with E-state index in [2.05, 4.69) is 17.6 Å². The minimum Gasteiger partial charge on any atom is -0.349 e. The zero-order valence-electron chi connectivity index (χ0n) is 12.6. The molecule has 4 aliphatic rings. The van der Waals surface area contributed by atoms with Gasteiger partial charge in [-0.1, -0.05) is 0 Å². The van der Waals surface area contributed by atoms with Gasteiger partial charge in [-0.2, -0.15) is 0 Å². The van der Waals surface area contributed by atoms with Crippen molar-refractivity contribution in [2.24, 2.45) is 17.8 Å². The molecule has 4 aliphatic carbocycles. The zero-order chi connectivity index (χ0) is 13.6. The summed E-state index contributed by atoms with van der Waals surface area (Å²) in [6.07, 6.45) is 8.49. The molecule has 3 nitrogen and oxygen atoms in total. The normalized spacial score (nSPS) is 41.6. The molecule has 19 heavy (non-hydrogen) atoms. The highest BCUT2D eigenvalue weighted by molar-refractivity contribution is 5.80. The van der Waals surface area contributed by atoms with Crippen molar-refractivity contribution in [1.82, 2.24) is 5.32 Å². The second-order valence-electron chi connectivity index (χ2n) is 7.90. The van der Waals surface area contributed by atoms with Crippen molar-refractivity contribution in [1.29, 1.82) is 0 Å². The van der Waals surface area contributed by atoms with Crippen LogP contribution in [0.3, 0.4) is 0 Å². The Kier molecular flexibility index (Phi) is 3.36. The van der Waals surface area contributed by atoms with E-state index in [1.807, 2.05) is 13.8 Å². The van der Waals surface area contributed by atoms with E-state index in [4.69, 9.17) is 0 Å². The monoisotopic (exact) mass is 265 g/mol. The topological polar surface area (TPSA) is 45.7 Å². The first-order valence-corrected chi connectivity index (χ1v) is 8.12. The molecule has 4 fully saturated rings. The summed E-state index contributed by atoms with van der Waals surface area (Å²) in [6, 6.07) is 0.318. The molecule has 0 heterocycles. The van der Waals surface area contributed by atoms with E-state index in [-0.39, 0.29) is 18.0 Å².